The Kier molecular flexibility index (Phi) is 1.68. The van der Waals surface area contributed by atoms with Crippen LogP contribution in [0.2, 0.25) is 0 Å². The van der Waals surface area contributed by atoms with E-state index in [2.05, 4.69) is 15.0 Å². The molecule has 3 aromatic rings. The molecule has 0 aliphatic rings. The van der Waals surface area contributed by atoms with Crippen molar-refractivity contribution >= 4 is 16.9 Å². The first kappa shape index (κ1) is 9.14. The SMILES string of the molecule is CCn1cnc2c(=O)n3cc(C)[nH]c3nc21. The van der Waals surface area contributed by atoms with Crippen molar-refractivity contribution in [2.24, 2.45) is 0 Å². The van der Waals surface area contributed by atoms with Crippen LogP contribution >= 0.6 is 0 Å². The molecule has 0 amide bonds. The van der Waals surface area contributed by atoms with Crippen LogP contribution in [0, 0.1) is 6.92 Å². The molecule has 0 radical (unpaired) electrons. The third kappa shape index (κ3) is 1.04. The number of fused-ring (bicyclic) bond motifs is 2. The van der Waals surface area contributed by atoms with Gasteiger partial charge in [-0.2, -0.15) is 4.98 Å². The van der Waals surface area contributed by atoms with Crippen molar-refractivity contribution in [3.05, 3.63) is 28.6 Å². The Morgan fingerprint density at radius 2 is 2.31 bits per heavy atom. The van der Waals surface area contributed by atoms with Crippen molar-refractivity contribution in [1.29, 1.82) is 0 Å². The van der Waals surface area contributed by atoms with Crippen LogP contribution in [0.25, 0.3) is 16.9 Å². The van der Waals surface area contributed by atoms with E-state index in [0.29, 0.717) is 16.9 Å². The van der Waals surface area contributed by atoms with Crippen LogP contribution in [0.1, 0.15) is 12.6 Å². The smallest absolute Gasteiger partial charge is 0.287 e. The summed E-state index contributed by atoms with van der Waals surface area (Å²) in [6, 6.07) is 0. The molecule has 6 nitrogen and oxygen atoms in total. The van der Waals surface area contributed by atoms with E-state index in [4.69, 9.17) is 0 Å². The normalized spacial score (nSPS) is 11.6. The van der Waals surface area contributed by atoms with E-state index >= 15 is 0 Å². The van der Waals surface area contributed by atoms with Gasteiger partial charge >= 0.3 is 0 Å². The fourth-order valence-corrected chi connectivity index (χ4v) is 1.85. The topological polar surface area (TPSA) is 68.0 Å². The van der Waals surface area contributed by atoms with Gasteiger partial charge in [0.2, 0.25) is 5.78 Å². The van der Waals surface area contributed by atoms with E-state index in [1.165, 1.54) is 4.40 Å². The molecule has 3 heterocycles. The Hall–Kier alpha value is -2.11. The third-order valence-electron chi connectivity index (χ3n) is 2.64. The Balaban J connectivity index is 2.56. The number of nitrogens with zero attached hydrogens (tertiary/aromatic N) is 4. The molecule has 0 atom stereocenters. The second kappa shape index (κ2) is 2.94. The number of nitrogens with one attached hydrogen (secondary N) is 1. The first-order valence-corrected chi connectivity index (χ1v) is 5.13. The fraction of sp³-hybridized carbons (Fsp3) is 0.300. The van der Waals surface area contributed by atoms with Crippen molar-refractivity contribution in [3.8, 4) is 0 Å². The van der Waals surface area contributed by atoms with Crippen LogP contribution in [0.3, 0.4) is 0 Å². The average Bonchev–Trinajstić information content (AvgIpc) is 2.81. The molecule has 0 bridgehead atoms. The minimum atomic E-state index is -0.128. The standard InChI is InChI=1S/C10H11N5O/c1-3-14-5-11-7-8(14)13-10-12-6(2)4-15(10)9(7)16/h4-5H,3H2,1-2H3,(H,12,13). The largest absolute Gasteiger partial charge is 0.328 e. The highest BCUT2D eigenvalue weighted by Crippen LogP contribution is 2.08. The first-order valence-electron chi connectivity index (χ1n) is 5.13. The molecule has 0 unspecified atom stereocenters. The van der Waals surface area contributed by atoms with Crippen LogP contribution in [0.4, 0.5) is 0 Å². The van der Waals surface area contributed by atoms with Gasteiger partial charge in [-0.05, 0) is 13.8 Å². The van der Waals surface area contributed by atoms with E-state index in [0.717, 1.165) is 12.2 Å². The summed E-state index contributed by atoms with van der Waals surface area (Å²) in [6.07, 6.45) is 3.38. The molecule has 0 aliphatic heterocycles. The molecular formula is C10H11N5O. The maximum atomic E-state index is 12.1. The molecule has 0 spiro atoms. The summed E-state index contributed by atoms with van der Waals surface area (Å²) in [6.45, 7) is 4.63. The highest BCUT2D eigenvalue weighted by atomic mass is 16.1. The zero-order valence-corrected chi connectivity index (χ0v) is 9.06. The van der Waals surface area contributed by atoms with Crippen LogP contribution in [-0.4, -0.2) is 23.9 Å². The van der Waals surface area contributed by atoms with E-state index in [-0.39, 0.29) is 5.56 Å². The number of hydrogen-bond acceptors (Lipinski definition) is 3. The van der Waals surface area contributed by atoms with Gasteiger partial charge in [0.15, 0.2) is 11.2 Å². The lowest BCUT2D eigenvalue weighted by Gasteiger charge is -1.97. The Labute approximate surface area is 90.6 Å². The number of imidazole rings is 2. The van der Waals surface area contributed by atoms with Gasteiger partial charge in [-0.1, -0.05) is 0 Å². The lowest BCUT2D eigenvalue weighted by molar-refractivity contribution is 0.778. The molecule has 3 rings (SSSR count). The second-order valence-corrected chi connectivity index (χ2v) is 3.75. The van der Waals surface area contributed by atoms with Gasteiger partial charge in [-0.25, -0.2) is 9.38 Å². The van der Waals surface area contributed by atoms with Gasteiger partial charge in [-0.15, -0.1) is 0 Å². The number of aromatic amines is 1. The Morgan fingerprint density at radius 3 is 3.06 bits per heavy atom. The minimum Gasteiger partial charge on any atom is -0.328 e. The highest BCUT2D eigenvalue weighted by Gasteiger charge is 2.11. The van der Waals surface area contributed by atoms with Crippen LogP contribution in [-0.2, 0) is 6.54 Å². The molecule has 0 saturated carbocycles. The highest BCUT2D eigenvalue weighted by molar-refractivity contribution is 5.71. The number of aromatic nitrogens is 5. The number of rotatable bonds is 1. The minimum absolute atomic E-state index is 0.128. The average molecular weight is 217 g/mol. The molecular weight excluding hydrogens is 206 g/mol. The summed E-state index contributed by atoms with van der Waals surface area (Å²) in [5.74, 6) is 0.560. The van der Waals surface area contributed by atoms with Gasteiger partial charge < -0.3 is 9.55 Å². The number of aryl methyl sites for hydroxylation is 2. The monoisotopic (exact) mass is 217 g/mol. The van der Waals surface area contributed by atoms with E-state index in [1.807, 2.05) is 18.4 Å². The van der Waals surface area contributed by atoms with Crippen molar-refractivity contribution in [2.75, 3.05) is 0 Å². The summed E-state index contributed by atoms with van der Waals surface area (Å²) in [7, 11) is 0. The lowest BCUT2D eigenvalue weighted by Crippen LogP contribution is -2.14. The van der Waals surface area contributed by atoms with E-state index in [9.17, 15) is 4.79 Å². The maximum absolute atomic E-state index is 12.1. The van der Waals surface area contributed by atoms with E-state index in [1.54, 1.807) is 12.5 Å². The summed E-state index contributed by atoms with van der Waals surface area (Å²) in [4.78, 5) is 23.6. The second-order valence-electron chi connectivity index (χ2n) is 3.75. The number of H-pyrrole nitrogens is 1. The van der Waals surface area contributed by atoms with Crippen LogP contribution < -0.4 is 5.56 Å². The predicted molar refractivity (Wildman–Crippen MR) is 59.5 cm³/mol. The fourth-order valence-electron chi connectivity index (χ4n) is 1.85. The summed E-state index contributed by atoms with van der Waals surface area (Å²) in [5.41, 5.74) is 1.82. The zero-order chi connectivity index (χ0) is 11.3. The molecule has 6 heteroatoms. The Morgan fingerprint density at radius 1 is 1.50 bits per heavy atom. The van der Waals surface area contributed by atoms with Crippen LogP contribution in [0.5, 0.6) is 0 Å². The van der Waals surface area contributed by atoms with Gasteiger partial charge in [0, 0.05) is 18.4 Å². The molecule has 0 fully saturated rings. The molecule has 82 valence electrons. The van der Waals surface area contributed by atoms with Gasteiger partial charge in [-0.3, -0.25) is 4.79 Å². The summed E-state index contributed by atoms with van der Waals surface area (Å²) in [5, 5.41) is 0. The van der Waals surface area contributed by atoms with E-state index < -0.39 is 0 Å². The molecule has 0 aromatic carbocycles. The van der Waals surface area contributed by atoms with Crippen molar-refractivity contribution in [1.82, 2.24) is 23.9 Å². The van der Waals surface area contributed by atoms with Crippen LogP contribution in [0.15, 0.2) is 17.3 Å². The van der Waals surface area contributed by atoms with Gasteiger partial charge in [0.05, 0.1) is 6.33 Å². The lowest BCUT2D eigenvalue weighted by atomic mass is 10.5. The first-order chi connectivity index (χ1) is 7.70. The number of hydrogen-bond donors (Lipinski definition) is 1. The molecule has 1 N–H and O–H groups in total. The molecule has 16 heavy (non-hydrogen) atoms. The summed E-state index contributed by atoms with van der Waals surface area (Å²) < 4.78 is 3.34. The quantitative estimate of drug-likeness (QED) is 0.652. The van der Waals surface area contributed by atoms with Crippen molar-refractivity contribution < 1.29 is 0 Å². The predicted octanol–water partition coefficient (Wildman–Crippen LogP) is 0.701. The van der Waals surface area contributed by atoms with Crippen molar-refractivity contribution in [3.63, 3.8) is 0 Å². The third-order valence-corrected chi connectivity index (χ3v) is 2.64. The molecule has 0 saturated heterocycles. The molecule has 3 aromatic heterocycles. The summed E-state index contributed by atoms with van der Waals surface area (Å²) >= 11 is 0. The van der Waals surface area contributed by atoms with Gasteiger partial charge in [0.1, 0.15) is 0 Å². The molecule has 0 aliphatic carbocycles. The Bertz CT molecular complexity index is 733. The zero-order valence-electron chi connectivity index (χ0n) is 9.06. The van der Waals surface area contributed by atoms with Gasteiger partial charge in [0.25, 0.3) is 5.56 Å². The van der Waals surface area contributed by atoms with Crippen molar-refractivity contribution in [2.45, 2.75) is 20.4 Å². The maximum Gasteiger partial charge on any atom is 0.287 e.